The number of carbonyl (C=O) groups excluding carboxylic acids is 3. The molecular formula is C38H39BrN10O3. The van der Waals surface area contributed by atoms with E-state index in [1.165, 1.54) is 6.92 Å². The highest BCUT2D eigenvalue weighted by atomic mass is 79.9. The second-order valence-electron chi connectivity index (χ2n) is 14.3. The first-order valence-electron chi connectivity index (χ1n) is 17.7. The third kappa shape index (κ3) is 6.44. The van der Waals surface area contributed by atoms with Gasteiger partial charge in [-0.1, -0.05) is 23.8 Å². The number of amides is 2. The molecule has 2 fully saturated rings. The van der Waals surface area contributed by atoms with Crippen molar-refractivity contribution in [1.29, 1.82) is 0 Å². The van der Waals surface area contributed by atoms with Crippen LogP contribution in [0.4, 0.5) is 5.82 Å². The average molecular weight is 764 g/mol. The van der Waals surface area contributed by atoms with E-state index in [9.17, 15) is 14.4 Å². The smallest absolute Gasteiger partial charge is 0.248 e. The number of benzene rings is 1. The lowest BCUT2D eigenvalue weighted by atomic mass is 9.97. The minimum Gasteiger partial charge on any atom is -0.325 e. The molecule has 3 aliphatic rings. The minimum atomic E-state index is -0.735. The first-order valence-corrected chi connectivity index (χ1v) is 18.5. The van der Waals surface area contributed by atoms with E-state index in [4.69, 9.17) is 5.10 Å². The number of aromatic nitrogens is 8. The van der Waals surface area contributed by atoms with E-state index in [1.54, 1.807) is 22.0 Å². The van der Waals surface area contributed by atoms with Crippen molar-refractivity contribution in [3.63, 3.8) is 0 Å². The Kier molecular flexibility index (Phi) is 8.80. The number of hydrogen-bond acceptors (Lipinski definition) is 9. The second kappa shape index (κ2) is 13.5. The van der Waals surface area contributed by atoms with Gasteiger partial charge in [-0.05, 0) is 109 Å². The van der Waals surface area contributed by atoms with Crippen LogP contribution in [0.15, 0.2) is 53.5 Å². The highest BCUT2D eigenvalue weighted by molar-refractivity contribution is 9.10. The Morgan fingerprint density at radius 2 is 1.87 bits per heavy atom. The third-order valence-electron chi connectivity index (χ3n) is 10.6. The predicted molar refractivity (Wildman–Crippen MR) is 198 cm³/mol. The average Bonchev–Trinajstić information content (AvgIpc) is 3.38. The van der Waals surface area contributed by atoms with Gasteiger partial charge in [0.1, 0.15) is 40.2 Å². The second-order valence-corrected chi connectivity index (χ2v) is 15.2. The Hall–Kier alpha value is -5.11. The number of carbonyl (C=O) groups is 3. The van der Waals surface area contributed by atoms with Crippen molar-refractivity contribution in [2.75, 3.05) is 5.32 Å². The van der Waals surface area contributed by atoms with Crippen LogP contribution in [0.5, 0.6) is 0 Å². The lowest BCUT2D eigenvalue weighted by molar-refractivity contribution is -0.138. The number of Topliss-reactive ketones (excluding diaryl/α,β-unsaturated/α-hetero) is 1. The van der Waals surface area contributed by atoms with Gasteiger partial charge in [0, 0.05) is 41.7 Å². The molecule has 1 saturated heterocycles. The van der Waals surface area contributed by atoms with Crippen molar-refractivity contribution in [2.24, 2.45) is 5.41 Å². The maximum atomic E-state index is 14.6. The number of fused-ring (bicyclic) bond motifs is 2. The summed E-state index contributed by atoms with van der Waals surface area (Å²) in [5.74, 6) is 0.401. The molecule has 0 unspecified atom stereocenters. The maximum Gasteiger partial charge on any atom is 0.248 e. The predicted octanol–water partition coefficient (Wildman–Crippen LogP) is 5.89. The van der Waals surface area contributed by atoms with Crippen LogP contribution >= 0.6 is 15.9 Å². The largest absolute Gasteiger partial charge is 0.325 e. The van der Waals surface area contributed by atoms with Gasteiger partial charge in [0.05, 0.1) is 18.3 Å². The zero-order valence-corrected chi connectivity index (χ0v) is 30.9. The molecule has 1 aliphatic carbocycles. The molecule has 52 heavy (non-hydrogen) atoms. The molecule has 2 amide bonds. The number of aryl methyl sites for hydroxylation is 3. The summed E-state index contributed by atoms with van der Waals surface area (Å²) in [6.45, 7) is 5.64. The molecule has 4 bridgehead atoms. The lowest BCUT2D eigenvalue weighted by Gasteiger charge is -2.27. The quantitative estimate of drug-likeness (QED) is 0.174. The zero-order valence-electron chi connectivity index (χ0n) is 29.3. The number of hydrogen-bond donors (Lipinski definition) is 1. The summed E-state index contributed by atoms with van der Waals surface area (Å²) in [6, 6.07) is 6.86. The number of pyridine rings is 1. The van der Waals surface area contributed by atoms with Gasteiger partial charge in [-0.3, -0.25) is 23.7 Å². The Morgan fingerprint density at radius 1 is 1.04 bits per heavy atom. The van der Waals surface area contributed by atoms with Gasteiger partial charge in [-0.15, -0.1) is 5.10 Å². The van der Waals surface area contributed by atoms with Crippen LogP contribution in [0.1, 0.15) is 78.6 Å². The van der Waals surface area contributed by atoms with E-state index in [1.807, 2.05) is 49.0 Å². The number of allylic oxidation sites excluding steroid dienone is 1. The van der Waals surface area contributed by atoms with Crippen molar-refractivity contribution in [3.05, 3.63) is 81.9 Å². The van der Waals surface area contributed by atoms with Crippen molar-refractivity contribution in [1.82, 2.24) is 44.6 Å². The van der Waals surface area contributed by atoms with Crippen LogP contribution in [-0.2, 0) is 29.1 Å². The molecule has 8 rings (SSSR count). The maximum absolute atomic E-state index is 14.6. The molecular weight excluding hydrogens is 724 g/mol. The summed E-state index contributed by atoms with van der Waals surface area (Å²) >= 11 is 3.41. The summed E-state index contributed by atoms with van der Waals surface area (Å²) in [5.41, 5.74) is 5.06. The van der Waals surface area contributed by atoms with Gasteiger partial charge in [0.15, 0.2) is 5.78 Å². The molecule has 1 aromatic carbocycles. The number of ketones is 1. The fraction of sp³-hybridized carbons (Fsp3) is 0.395. The van der Waals surface area contributed by atoms with Gasteiger partial charge >= 0.3 is 0 Å². The number of anilines is 1. The lowest BCUT2D eigenvalue weighted by Crippen LogP contribution is -2.47. The molecule has 0 radical (unpaired) electrons. The number of halogens is 1. The van der Waals surface area contributed by atoms with Crippen molar-refractivity contribution < 1.29 is 14.4 Å². The normalized spacial score (nSPS) is 22.3. The van der Waals surface area contributed by atoms with E-state index in [0.717, 1.165) is 72.0 Å². The van der Waals surface area contributed by atoms with Crippen molar-refractivity contribution in [2.45, 2.75) is 90.9 Å². The Bertz CT molecular complexity index is 2260. The molecule has 13 nitrogen and oxygen atoms in total. The molecule has 0 spiro atoms. The number of nitrogens with one attached hydrogen (secondary N) is 1. The third-order valence-corrected chi connectivity index (χ3v) is 11.0. The van der Waals surface area contributed by atoms with Gasteiger partial charge in [0.2, 0.25) is 11.8 Å². The topological polar surface area (TPSA) is 154 Å². The van der Waals surface area contributed by atoms with Gasteiger partial charge in [-0.2, -0.15) is 5.10 Å². The molecule has 266 valence electrons. The van der Waals surface area contributed by atoms with E-state index in [0.29, 0.717) is 40.3 Å². The molecule has 3 atom stereocenters. The Balaban J connectivity index is 1.20. The van der Waals surface area contributed by atoms with Gasteiger partial charge < -0.3 is 10.2 Å². The first kappa shape index (κ1) is 34.0. The fourth-order valence-electron chi connectivity index (χ4n) is 7.91. The van der Waals surface area contributed by atoms with Gasteiger partial charge in [0.25, 0.3) is 0 Å². The van der Waals surface area contributed by atoms with Crippen LogP contribution in [0.3, 0.4) is 0 Å². The van der Waals surface area contributed by atoms with E-state index in [-0.39, 0.29) is 35.6 Å². The summed E-state index contributed by atoms with van der Waals surface area (Å²) in [6.07, 6.45) is 15.4. The van der Waals surface area contributed by atoms with Crippen LogP contribution in [0.2, 0.25) is 0 Å². The van der Waals surface area contributed by atoms with E-state index in [2.05, 4.69) is 58.7 Å². The van der Waals surface area contributed by atoms with E-state index >= 15 is 0 Å². The number of nitrogens with zero attached hydrogens (tertiary/aromatic N) is 9. The molecule has 4 aromatic heterocycles. The summed E-state index contributed by atoms with van der Waals surface area (Å²) in [4.78, 5) is 56.9. The standard InChI is InChI=1S/C38H39BrN10O3/c1-22-11-12-32(39)42-36(22)43-37(52)30-15-38-16-31(38)49(30)33(51)20-48-35-25(9-7-5-4-6-8-10-28-19-47(21-38)46-44-28)13-26(27-17-40-24(3)41-18-27)14-29(35)34(45-48)23(2)50/h8,10-14,17-19,30-31H,4-7,9,15-16,20-21H2,1-3H3,(H,42,43,52)/b10-8+/t30-,31+,38-/m0/s1. The molecule has 14 heteroatoms. The Morgan fingerprint density at radius 3 is 2.67 bits per heavy atom. The number of rotatable bonds is 4. The summed E-state index contributed by atoms with van der Waals surface area (Å²) in [5, 5.41) is 17.3. The Labute approximate surface area is 309 Å². The zero-order chi connectivity index (χ0) is 36.1. The van der Waals surface area contributed by atoms with Crippen LogP contribution in [0, 0.1) is 19.3 Å². The van der Waals surface area contributed by atoms with Crippen LogP contribution in [-0.4, -0.2) is 74.3 Å². The van der Waals surface area contributed by atoms with Crippen molar-refractivity contribution >= 4 is 56.3 Å². The number of piperidine rings is 1. The molecule has 2 aliphatic heterocycles. The molecule has 6 heterocycles. The highest BCUT2D eigenvalue weighted by Gasteiger charge is 2.67. The summed E-state index contributed by atoms with van der Waals surface area (Å²) in [7, 11) is 0. The van der Waals surface area contributed by atoms with Crippen molar-refractivity contribution in [3.8, 4) is 11.1 Å². The molecule has 1 N–H and O–H groups in total. The first-order chi connectivity index (χ1) is 25.1. The van der Waals surface area contributed by atoms with E-state index < -0.39 is 6.04 Å². The SMILES string of the molecule is CC(=O)c1nn2c3c(cc(-c4cnc(C)nc4)cc13)CCCCC/C=C/c1cn(nn1)C[C@@]13C[C@@H](C(=O)Nc4nc(Br)ccc4C)N(C(=O)C2)[C@@H]1C3. The summed E-state index contributed by atoms with van der Waals surface area (Å²) < 4.78 is 4.11. The van der Waals surface area contributed by atoms with Crippen LogP contribution in [0.25, 0.3) is 28.1 Å². The molecule has 5 aromatic rings. The minimum absolute atomic E-state index is 0.119. The molecule has 1 saturated carbocycles. The van der Waals surface area contributed by atoms with Gasteiger partial charge in [-0.25, -0.2) is 15.0 Å². The fourth-order valence-corrected chi connectivity index (χ4v) is 8.22. The monoisotopic (exact) mass is 762 g/mol. The highest BCUT2D eigenvalue weighted by Crippen LogP contribution is 2.60. The van der Waals surface area contributed by atoms with Crippen LogP contribution < -0.4 is 5.32 Å².